The Kier molecular flexibility index (Phi) is 7.42. The van der Waals surface area contributed by atoms with Crippen molar-refractivity contribution in [3.05, 3.63) is 216 Å². The first-order valence-corrected chi connectivity index (χ1v) is 17.1. The molecule has 51 heavy (non-hydrogen) atoms. The van der Waals surface area contributed by atoms with Crippen LogP contribution in [0.3, 0.4) is 0 Å². The van der Waals surface area contributed by atoms with Gasteiger partial charge < -0.3 is 0 Å². The third-order valence-electron chi connectivity index (χ3n) is 10.00. The Bertz CT molecular complexity index is 2530. The Morgan fingerprint density at radius 3 is 1.49 bits per heavy atom. The monoisotopic (exact) mass is 649 g/mol. The summed E-state index contributed by atoms with van der Waals surface area (Å²) in [6.45, 7) is 0. The van der Waals surface area contributed by atoms with Crippen LogP contribution in [0, 0.1) is 11.3 Å². The van der Waals surface area contributed by atoms with Gasteiger partial charge in [0.05, 0.1) is 28.4 Å². The van der Waals surface area contributed by atoms with Crippen LogP contribution in [0.2, 0.25) is 0 Å². The SMILES string of the molecule is N#Cc1ccc2c(c1)C(c1ccccc1)(c1ccccc1)c1cc(-c3cc(-c4cccc(-c5ccccc5)c4)nc(-c4ccccc4)n3)ccc1-2. The minimum Gasteiger partial charge on any atom is -0.228 e. The Morgan fingerprint density at radius 1 is 0.392 bits per heavy atom. The second-order valence-electron chi connectivity index (χ2n) is 12.9. The lowest BCUT2D eigenvalue weighted by atomic mass is 9.67. The zero-order valence-corrected chi connectivity index (χ0v) is 27.7. The summed E-state index contributed by atoms with van der Waals surface area (Å²) < 4.78 is 0. The van der Waals surface area contributed by atoms with Gasteiger partial charge in [0.15, 0.2) is 5.82 Å². The van der Waals surface area contributed by atoms with Crippen molar-refractivity contribution in [1.82, 2.24) is 9.97 Å². The summed E-state index contributed by atoms with van der Waals surface area (Å²) in [6.07, 6.45) is 0. The van der Waals surface area contributed by atoms with E-state index in [4.69, 9.17) is 9.97 Å². The van der Waals surface area contributed by atoms with Gasteiger partial charge in [-0.2, -0.15) is 5.26 Å². The summed E-state index contributed by atoms with van der Waals surface area (Å²) in [5.41, 5.74) is 13.8. The molecule has 0 unspecified atom stereocenters. The van der Waals surface area contributed by atoms with Gasteiger partial charge in [-0.15, -0.1) is 0 Å². The molecule has 0 radical (unpaired) electrons. The molecule has 0 saturated heterocycles. The zero-order chi connectivity index (χ0) is 34.2. The Morgan fingerprint density at radius 2 is 0.882 bits per heavy atom. The minimum atomic E-state index is -0.641. The standard InChI is InChI=1S/C48H31N3/c49-32-33-24-26-41-42-27-25-38(30-44(42)48(43(41)28-33,39-20-9-3-10-21-39)40-22-11-4-12-23-40)46-31-45(50-47(51-46)35-16-7-2-8-17-35)37-19-13-18-36(29-37)34-14-5-1-6-15-34/h1-31H. The summed E-state index contributed by atoms with van der Waals surface area (Å²) in [5, 5.41) is 10.0. The molecule has 3 nitrogen and oxygen atoms in total. The van der Waals surface area contributed by atoms with Crippen LogP contribution in [0.25, 0.3) is 56.2 Å². The Balaban J connectivity index is 1.29. The fourth-order valence-corrected chi connectivity index (χ4v) is 7.67. The highest BCUT2D eigenvalue weighted by atomic mass is 14.9. The molecule has 0 spiro atoms. The molecule has 1 aliphatic carbocycles. The molecule has 0 atom stereocenters. The largest absolute Gasteiger partial charge is 0.228 e. The van der Waals surface area contributed by atoms with Gasteiger partial charge in [-0.1, -0.05) is 158 Å². The third kappa shape index (κ3) is 5.14. The lowest BCUT2D eigenvalue weighted by Crippen LogP contribution is -2.28. The van der Waals surface area contributed by atoms with Crippen LogP contribution in [0.1, 0.15) is 27.8 Å². The molecule has 3 heteroatoms. The topological polar surface area (TPSA) is 49.6 Å². The van der Waals surface area contributed by atoms with Crippen molar-refractivity contribution < 1.29 is 0 Å². The smallest absolute Gasteiger partial charge is 0.160 e. The summed E-state index contributed by atoms with van der Waals surface area (Å²) in [6, 6.07) is 67.8. The van der Waals surface area contributed by atoms with Gasteiger partial charge in [0.2, 0.25) is 0 Å². The van der Waals surface area contributed by atoms with Crippen LogP contribution in [-0.2, 0) is 5.41 Å². The van der Waals surface area contributed by atoms with Crippen LogP contribution < -0.4 is 0 Å². The van der Waals surface area contributed by atoms with E-state index in [-0.39, 0.29) is 0 Å². The van der Waals surface area contributed by atoms with E-state index in [0.29, 0.717) is 11.4 Å². The van der Waals surface area contributed by atoms with E-state index in [1.807, 2.05) is 30.3 Å². The first kappa shape index (κ1) is 30.2. The quantitative estimate of drug-likeness (QED) is 0.180. The fraction of sp³-hybridized carbons (Fsp3) is 0.0208. The molecule has 0 amide bonds. The molecule has 1 heterocycles. The van der Waals surface area contributed by atoms with Gasteiger partial charge in [0, 0.05) is 16.7 Å². The van der Waals surface area contributed by atoms with Crippen molar-refractivity contribution in [3.8, 4) is 62.2 Å². The van der Waals surface area contributed by atoms with E-state index in [1.165, 1.54) is 0 Å². The molecule has 9 rings (SSSR count). The molecule has 0 saturated carbocycles. The van der Waals surface area contributed by atoms with Crippen LogP contribution in [0.4, 0.5) is 0 Å². The van der Waals surface area contributed by atoms with E-state index in [1.54, 1.807) is 0 Å². The molecule has 0 N–H and O–H groups in total. The van der Waals surface area contributed by atoms with E-state index in [2.05, 4.69) is 164 Å². The maximum absolute atomic E-state index is 10.0. The van der Waals surface area contributed by atoms with Gasteiger partial charge in [0.1, 0.15) is 0 Å². The zero-order valence-electron chi connectivity index (χ0n) is 27.7. The highest BCUT2D eigenvalue weighted by Crippen LogP contribution is 2.57. The van der Waals surface area contributed by atoms with Gasteiger partial charge in [-0.25, -0.2) is 9.97 Å². The molecule has 238 valence electrons. The number of aromatic nitrogens is 2. The van der Waals surface area contributed by atoms with Crippen molar-refractivity contribution in [3.63, 3.8) is 0 Å². The lowest BCUT2D eigenvalue weighted by Gasteiger charge is -2.34. The number of fused-ring (bicyclic) bond motifs is 3. The molecular formula is C48H31N3. The van der Waals surface area contributed by atoms with Crippen molar-refractivity contribution in [2.45, 2.75) is 5.41 Å². The first-order chi connectivity index (χ1) is 25.2. The second kappa shape index (κ2) is 12.5. The normalized spacial score (nSPS) is 12.5. The molecule has 0 bridgehead atoms. The molecule has 0 aliphatic heterocycles. The van der Waals surface area contributed by atoms with E-state index >= 15 is 0 Å². The number of hydrogen-bond acceptors (Lipinski definition) is 3. The predicted octanol–water partition coefficient (Wildman–Crippen LogP) is 11.4. The van der Waals surface area contributed by atoms with Gasteiger partial charge in [-0.3, -0.25) is 0 Å². The second-order valence-corrected chi connectivity index (χ2v) is 12.9. The average Bonchev–Trinajstić information content (AvgIpc) is 3.51. The average molecular weight is 650 g/mol. The Labute approximate surface area is 297 Å². The number of hydrogen-bond donors (Lipinski definition) is 0. The third-order valence-corrected chi connectivity index (χ3v) is 10.00. The maximum atomic E-state index is 10.0. The highest BCUT2D eigenvalue weighted by Gasteiger charge is 2.46. The van der Waals surface area contributed by atoms with Crippen LogP contribution in [0.15, 0.2) is 188 Å². The van der Waals surface area contributed by atoms with Crippen molar-refractivity contribution in [2.24, 2.45) is 0 Å². The van der Waals surface area contributed by atoms with Crippen LogP contribution in [-0.4, -0.2) is 9.97 Å². The predicted molar refractivity (Wildman–Crippen MR) is 206 cm³/mol. The minimum absolute atomic E-state index is 0.641. The van der Waals surface area contributed by atoms with Gasteiger partial charge in [-0.05, 0) is 74.8 Å². The van der Waals surface area contributed by atoms with Gasteiger partial charge in [0.25, 0.3) is 0 Å². The van der Waals surface area contributed by atoms with Crippen molar-refractivity contribution >= 4 is 0 Å². The number of rotatable bonds is 6. The number of benzene rings is 7. The summed E-state index contributed by atoms with van der Waals surface area (Å²) >= 11 is 0. The van der Waals surface area contributed by atoms with Crippen molar-refractivity contribution in [1.29, 1.82) is 5.26 Å². The molecular weight excluding hydrogens is 619 g/mol. The van der Waals surface area contributed by atoms with E-state index in [9.17, 15) is 5.26 Å². The van der Waals surface area contributed by atoms with E-state index in [0.717, 1.165) is 72.6 Å². The molecule has 8 aromatic rings. The molecule has 7 aromatic carbocycles. The first-order valence-electron chi connectivity index (χ1n) is 17.1. The maximum Gasteiger partial charge on any atom is 0.160 e. The number of nitriles is 1. The Hall–Kier alpha value is -6.89. The van der Waals surface area contributed by atoms with Gasteiger partial charge >= 0.3 is 0 Å². The highest BCUT2D eigenvalue weighted by molar-refractivity contribution is 5.89. The summed E-state index contributed by atoms with van der Waals surface area (Å²) in [5.74, 6) is 0.674. The summed E-state index contributed by atoms with van der Waals surface area (Å²) in [4.78, 5) is 10.4. The van der Waals surface area contributed by atoms with Crippen LogP contribution in [0.5, 0.6) is 0 Å². The van der Waals surface area contributed by atoms with Crippen molar-refractivity contribution in [2.75, 3.05) is 0 Å². The van der Waals surface area contributed by atoms with E-state index < -0.39 is 5.41 Å². The lowest BCUT2D eigenvalue weighted by molar-refractivity contribution is 0.768. The van der Waals surface area contributed by atoms with Crippen LogP contribution >= 0.6 is 0 Å². The molecule has 1 aromatic heterocycles. The number of nitrogens with zero attached hydrogens (tertiary/aromatic N) is 3. The summed E-state index contributed by atoms with van der Waals surface area (Å²) in [7, 11) is 0. The fourth-order valence-electron chi connectivity index (χ4n) is 7.67. The molecule has 0 fully saturated rings. The molecule has 1 aliphatic rings.